The predicted octanol–water partition coefficient (Wildman–Crippen LogP) is 8.31. The monoisotopic (exact) mass is 512 g/mol. The number of benzene rings is 5. The Morgan fingerprint density at radius 3 is 1.77 bits per heavy atom. The first-order valence-electron chi connectivity index (χ1n) is 13.8. The van der Waals surface area contributed by atoms with Crippen LogP contribution in [0.2, 0.25) is 0 Å². The molecule has 2 heterocycles. The molecule has 0 saturated carbocycles. The van der Waals surface area contributed by atoms with Crippen LogP contribution in [0, 0.1) is 0 Å². The standard InChI is InChI=1S/C37H29BN2/c1-3-28(29-16-7-4-8-17-29)26-36-27(2)38-32-22-13-14-23-33(32)39(30-18-9-5-10-19-30)34-24-15-25-35(37(34)38)40(36)31-20-11-6-12-21-31/h3-26H,1H2,2H3/b28-26+. The summed E-state index contributed by atoms with van der Waals surface area (Å²) < 4.78 is 0. The molecule has 0 aliphatic carbocycles. The fourth-order valence-corrected chi connectivity index (χ4v) is 6.28. The molecule has 2 aliphatic heterocycles. The molecular weight excluding hydrogens is 483 g/mol. The van der Waals surface area contributed by atoms with Gasteiger partial charge in [-0.1, -0.05) is 109 Å². The second-order valence-corrected chi connectivity index (χ2v) is 10.3. The Labute approximate surface area is 236 Å². The summed E-state index contributed by atoms with van der Waals surface area (Å²) in [6.45, 7) is 6.63. The highest BCUT2D eigenvalue weighted by molar-refractivity contribution is 6.95. The second-order valence-electron chi connectivity index (χ2n) is 10.3. The fourth-order valence-electron chi connectivity index (χ4n) is 6.28. The number of allylic oxidation sites excluding steroid dienone is 4. The molecule has 7 rings (SSSR count). The van der Waals surface area contributed by atoms with Gasteiger partial charge in [0.05, 0.1) is 0 Å². The van der Waals surface area contributed by atoms with Crippen LogP contribution >= 0.6 is 0 Å². The van der Waals surface area contributed by atoms with Gasteiger partial charge in [0.2, 0.25) is 6.71 Å². The summed E-state index contributed by atoms with van der Waals surface area (Å²) in [5.41, 5.74) is 13.4. The van der Waals surface area contributed by atoms with Crippen LogP contribution in [0.4, 0.5) is 28.4 Å². The first-order chi connectivity index (χ1) is 19.8. The van der Waals surface area contributed by atoms with Crippen LogP contribution in [0.1, 0.15) is 12.5 Å². The number of para-hydroxylation sites is 3. The lowest BCUT2D eigenvalue weighted by atomic mass is 9.33. The van der Waals surface area contributed by atoms with E-state index < -0.39 is 0 Å². The third-order valence-corrected chi connectivity index (χ3v) is 8.05. The van der Waals surface area contributed by atoms with Gasteiger partial charge in [0.15, 0.2) is 0 Å². The normalized spacial score (nSPS) is 14.1. The van der Waals surface area contributed by atoms with Crippen LogP contribution in [0.5, 0.6) is 0 Å². The van der Waals surface area contributed by atoms with Gasteiger partial charge >= 0.3 is 0 Å². The average Bonchev–Trinajstić information content (AvgIpc) is 3.02. The van der Waals surface area contributed by atoms with Gasteiger partial charge in [-0.2, -0.15) is 0 Å². The van der Waals surface area contributed by atoms with Gasteiger partial charge in [-0.3, -0.25) is 0 Å². The third kappa shape index (κ3) is 3.82. The Kier molecular flexibility index (Phi) is 5.98. The van der Waals surface area contributed by atoms with Crippen LogP contribution in [0.3, 0.4) is 0 Å². The molecular formula is C37H29BN2. The summed E-state index contributed by atoms with van der Waals surface area (Å²) in [6, 6.07) is 47.5. The van der Waals surface area contributed by atoms with Crippen molar-refractivity contribution in [1.29, 1.82) is 0 Å². The van der Waals surface area contributed by atoms with E-state index in [1.54, 1.807) is 0 Å². The fraction of sp³-hybridized carbons (Fsp3) is 0.0270. The topological polar surface area (TPSA) is 6.48 Å². The molecule has 0 saturated heterocycles. The maximum Gasteiger partial charge on any atom is 0.247 e. The molecule has 40 heavy (non-hydrogen) atoms. The Balaban J connectivity index is 1.54. The van der Waals surface area contributed by atoms with Gasteiger partial charge in [0.1, 0.15) is 0 Å². The minimum atomic E-state index is 0.135. The third-order valence-electron chi connectivity index (χ3n) is 8.05. The van der Waals surface area contributed by atoms with E-state index in [2.05, 4.69) is 163 Å². The summed E-state index contributed by atoms with van der Waals surface area (Å²) in [7, 11) is 0. The molecule has 0 unspecified atom stereocenters. The van der Waals surface area contributed by atoms with Crippen LogP contribution in [0.25, 0.3) is 5.57 Å². The van der Waals surface area contributed by atoms with E-state index in [4.69, 9.17) is 0 Å². The largest absolute Gasteiger partial charge is 0.312 e. The number of hydrogen-bond donors (Lipinski definition) is 0. The Morgan fingerprint density at radius 2 is 1.12 bits per heavy atom. The van der Waals surface area contributed by atoms with E-state index >= 15 is 0 Å². The summed E-state index contributed by atoms with van der Waals surface area (Å²) in [5.74, 6) is 0. The van der Waals surface area contributed by atoms with Gasteiger partial charge in [-0.15, -0.1) is 0 Å². The van der Waals surface area contributed by atoms with Crippen molar-refractivity contribution in [3.8, 4) is 0 Å². The zero-order chi connectivity index (χ0) is 27.1. The molecule has 0 aromatic heterocycles. The molecule has 0 atom stereocenters. The zero-order valence-electron chi connectivity index (χ0n) is 22.5. The molecule has 2 nitrogen and oxygen atoms in total. The van der Waals surface area contributed by atoms with Crippen LogP contribution in [-0.4, -0.2) is 6.71 Å². The molecule has 5 aromatic carbocycles. The van der Waals surface area contributed by atoms with Crippen molar-refractivity contribution < 1.29 is 0 Å². The smallest absolute Gasteiger partial charge is 0.247 e. The quantitative estimate of drug-likeness (QED) is 0.173. The molecule has 2 aliphatic rings. The first-order valence-corrected chi connectivity index (χ1v) is 13.8. The van der Waals surface area contributed by atoms with Crippen molar-refractivity contribution >= 4 is 51.6 Å². The van der Waals surface area contributed by atoms with E-state index in [1.165, 1.54) is 44.8 Å². The number of nitrogens with zero attached hydrogens (tertiary/aromatic N) is 2. The van der Waals surface area contributed by atoms with Crippen molar-refractivity contribution in [3.05, 3.63) is 169 Å². The van der Waals surface area contributed by atoms with Crippen molar-refractivity contribution in [1.82, 2.24) is 0 Å². The lowest BCUT2D eigenvalue weighted by Gasteiger charge is -2.44. The molecule has 0 spiro atoms. The lowest BCUT2D eigenvalue weighted by molar-refractivity contribution is 1.17. The van der Waals surface area contributed by atoms with E-state index in [1.807, 2.05) is 6.08 Å². The minimum Gasteiger partial charge on any atom is -0.312 e. The van der Waals surface area contributed by atoms with Crippen LogP contribution < -0.4 is 20.7 Å². The second kappa shape index (κ2) is 9.94. The summed E-state index contributed by atoms with van der Waals surface area (Å²) in [5, 5.41) is 0. The molecule has 0 N–H and O–H groups in total. The summed E-state index contributed by atoms with van der Waals surface area (Å²) in [6.07, 6.45) is 4.28. The van der Waals surface area contributed by atoms with E-state index in [0.717, 1.165) is 16.8 Å². The van der Waals surface area contributed by atoms with Gasteiger partial charge in [0.25, 0.3) is 0 Å². The maximum absolute atomic E-state index is 4.20. The van der Waals surface area contributed by atoms with E-state index in [-0.39, 0.29) is 6.71 Å². The lowest BCUT2D eigenvalue weighted by Crippen LogP contribution is -2.55. The van der Waals surface area contributed by atoms with Crippen molar-refractivity contribution in [2.24, 2.45) is 0 Å². The number of anilines is 5. The van der Waals surface area contributed by atoms with E-state index in [9.17, 15) is 0 Å². The summed E-state index contributed by atoms with van der Waals surface area (Å²) >= 11 is 0. The Bertz CT molecular complexity index is 1770. The maximum atomic E-state index is 4.20. The first kappa shape index (κ1) is 24.1. The van der Waals surface area contributed by atoms with Crippen molar-refractivity contribution in [2.75, 3.05) is 9.80 Å². The number of rotatable bonds is 5. The molecule has 3 heteroatoms. The van der Waals surface area contributed by atoms with Gasteiger partial charge in [-0.25, -0.2) is 0 Å². The zero-order valence-corrected chi connectivity index (χ0v) is 22.5. The van der Waals surface area contributed by atoms with Gasteiger partial charge in [0, 0.05) is 34.1 Å². The number of hydrogen-bond acceptors (Lipinski definition) is 2. The number of fused-ring (bicyclic) bond motifs is 2. The van der Waals surface area contributed by atoms with E-state index in [0.29, 0.717) is 0 Å². The predicted molar refractivity (Wildman–Crippen MR) is 172 cm³/mol. The molecule has 0 fully saturated rings. The highest BCUT2D eigenvalue weighted by Crippen LogP contribution is 2.44. The minimum absolute atomic E-state index is 0.135. The Hall–Kier alpha value is -5.02. The summed E-state index contributed by atoms with van der Waals surface area (Å²) in [4.78, 5) is 4.84. The highest BCUT2D eigenvalue weighted by Gasteiger charge is 2.42. The van der Waals surface area contributed by atoms with Gasteiger partial charge in [-0.05, 0) is 77.5 Å². The molecule has 190 valence electrons. The van der Waals surface area contributed by atoms with Crippen molar-refractivity contribution in [3.63, 3.8) is 0 Å². The average molecular weight is 512 g/mol. The molecule has 0 amide bonds. The molecule has 0 bridgehead atoms. The molecule has 0 radical (unpaired) electrons. The molecule has 5 aromatic rings. The van der Waals surface area contributed by atoms with Gasteiger partial charge < -0.3 is 9.80 Å². The Morgan fingerprint density at radius 1 is 0.600 bits per heavy atom. The van der Waals surface area contributed by atoms with Crippen molar-refractivity contribution in [2.45, 2.75) is 6.92 Å². The highest BCUT2D eigenvalue weighted by atomic mass is 15.2. The van der Waals surface area contributed by atoms with Crippen LogP contribution in [-0.2, 0) is 0 Å². The van der Waals surface area contributed by atoms with Crippen LogP contribution in [0.15, 0.2) is 163 Å². The SMILES string of the molecule is C=C/C(=C\C1=C(C)B2c3ccccc3N(c3ccccc3)c3cccc(c32)N1c1ccccc1)c1ccccc1.